The maximum absolute atomic E-state index is 6.21. The minimum absolute atomic E-state index is 0.0827. The third-order valence-corrected chi connectivity index (χ3v) is 9.90. The fraction of sp³-hybridized carbons (Fsp3) is 0.0667. The van der Waals surface area contributed by atoms with Gasteiger partial charge in [0.25, 0.3) is 0 Å². The number of para-hydroxylation sites is 1. The van der Waals surface area contributed by atoms with Crippen LogP contribution in [0.2, 0.25) is 0 Å². The van der Waals surface area contributed by atoms with Crippen LogP contribution in [-0.4, -0.2) is 0 Å². The first kappa shape index (κ1) is 27.5. The number of hydrogen-bond acceptors (Lipinski definition) is 2. The molecule has 7 aromatic carbocycles. The lowest BCUT2D eigenvalue weighted by Crippen LogP contribution is -2.16. The quantitative estimate of drug-likeness (QED) is 0.195. The normalized spacial score (nSPS) is 13.1. The Hall–Kier alpha value is -5.86. The molecule has 0 N–H and O–H groups in total. The molecule has 0 bridgehead atoms. The van der Waals surface area contributed by atoms with Crippen molar-refractivity contribution in [1.82, 2.24) is 0 Å². The molecule has 2 heteroatoms. The van der Waals surface area contributed by atoms with Crippen molar-refractivity contribution in [3.8, 4) is 33.4 Å². The summed E-state index contributed by atoms with van der Waals surface area (Å²) in [5.41, 5.74) is 15.3. The molecule has 0 amide bonds. The summed E-state index contributed by atoms with van der Waals surface area (Å²) < 4.78 is 6.21. The van der Waals surface area contributed by atoms with Crippen molar-refractivity contribution in [3.05, 3.63) is 175 Å². The SMILES string of the molecule is CC1(C)c2ccccc2-c2c(N(c3ccc(-c4ccccc4)cc3)c3ccc(-c4cccc5oc6ccccc6c45)cc3)cccc21. The van der Waals surface area contributed by atoms with Crippen LogP contribution in [0.3, 0.4) is 0 Å². The van der Waals surface area contributed by atoms with E-state index in [0.717, 1.165) is 38.9 Å². The van der Waals surface area contributed by atoms with Crippen LogP contribution in [0.15, 0.2) is 168 Å². The summed E-state index contributed by atoms with van der Waals surface area (Å²) in [6.45, 7) is 4.69. The average Bonchev–Trinajstić information content (AvgIpc) is 3.62. The maximum atomic E-state index is 6.21. The van der Waals surface area contributed by atoms with E-state index in [1.165, 1.54) is 44.6 Å². The van der Waals surface area contributed by atoms with Gasteiger partial charge in [-0.15, -0.1) is 0 Å². The topological polar surface area (TPSA) is 16.4 Å². The Balaban J connectivity index is 1.21. The van der Waals surface area contributed by atoms with Gasteiger partial charge in [0.1, 0.15) is 11.2 Å². The van der Waals surface area contributed by atoms with E-state index in [-0.39, 0.29) is 5.41 Å². The van der Waals surface area contributed by atoms with Crippen LogP contribution in [-0.2, 0) is 5.41 Å². The smallest absolute Gasteiger partial charge is 0.136 e. The molecule has 1 aromatic heterocycles. The van der Waals surface area contributed by atoms with Crippen molar-refractivity contribution in [2.75, 3.05) is 4.90 Å². The molecule has 0 atom stereocenters. The Labute approximate surface area is 275 Å². The van der Waals surface area contributed by atoms with Crippen molar-refractivity contribution >= 4 is 39.0 Å². The second-order valence-corrected chi connectivity index (χ2v) is 12.9. The molecule has 0 radical (unpaired) electrons. The van der Waals surface area contributed by atoms with E-state index >= 15 is 0 Å². The molecular weight excluding hydrogens is 571 g/mol. The van der Waals surface area contributed by atoms with Gasteiger partial charge in [-0.1, -0.05) is 135 Å². The molecule has 1 aliphatic carbocycles. The van der Waals surface area contributed by atoms with E-state index < -0.39 is 0 Å². The van der Waals surface area contributed by atoms with Gasteiger partial charge >= 0.3 is 0 Å². The van der Waals surface area contributed by atoms with E-state index in [1.54, 1.807) is 0 Å². The molecule has 9 rings (SSSR count). The summed E-state index contributed by atoms with van der Waals surface area (Å²) in [4.78, 5) is 2.42. The van der Waals surface area contributed by atoms with E-state index in [0.29, 0.717) is 0 Å². The van der Waals surface area contributed by atoms with E-state index in [1.807, 2.05) is 12.1 Å². The molecule has 0 spiro atoms. The van der Waals surface area contributed by atoms with Crippen molar-refractivity contribution in [3.63, 3.8) is 0 Å². The van der Waals surface area contributed by atoms with E-state index in [2.05, 4.69) is 170 Å². The molecule has 0 saturated carbocycles. The molecule has 1 heterocycles. The zero-order valence-electron chi connectivity index (χ0n) is 26.4. The van der Waals surface area contributed by atoms with Crippen LogP contribution >= 0.6 is 0 Å². The number of rotatable bonds is 5. The van der Waals surface area contributed by atoms with E-state index in [4.69, 9.17) is 4.42 Å². The van der Waals surface area contributed by atoms with Gasteiger partial charge in [0.2, 0.25) is 0 Å². The minimum atomic E-state index is -0.0827. The first-order valence-electron chi connectivity index (χ1n) is 16.3. The highest BCUT2D eigenvalue weighted by Crippen LogP contribution is 2.54. The number of furan rings is 1. The fourth-order valence-electron chi connectivity index (χ4n) is 7.59. The third-order valence-electron chi connectivity index (χ3n) is 9.90. The predicted octanol–water partition coefficient (Wildman–Crippen LogP) is 12.7. The van der Waals surface area contributed by atoms with Crippen molar-refractivity contribution in [2.45, 2.75) is 19.3 Å². The van der Waals surface area contributed by atoms with Crippen LogP contribution in [0.5, 0.6) is 0 Å². The van der Waals surface area contributed by atoms with Crippen LogP contribution in [0, 0.1) is 0 Å². The largest absolute Gasteiger partial charge is 0.456 e. The molecule has 2 nitrogen and oxygen atoms in total. The van der Waals surface area contributed by atoms with E-state index in [9.17, 15) is 0 Å². The lowest BCUT2D eigenvalue weighted by molar-refractivity contribution is 0.660. The molecular formula is C45H33NO. The average molecular weight is 604 g/mol. The lowest BCUT2D eigenvalue weighted by Gasteiger charge is -2.29. The number of hydrogen-bond donors (Lipinski definition) is 0. The maximum Gasteiger partial charge on any atom is 0.136 e. The Morgan fingerprint density at radius 1 is 0.447 bits per heavy atom. The molecule has 0 fully saturated rings. The van der Waals surface area contributed by atoms with Gasteiger partial charge in [-0.25, -0.2) is 0 Å². The first-order chi connectivity index (χ1) is 23.1. The standard InChI is InChI=1S/C45H33NO/c1-45(2)38-17-8-6-14-36(38)44-39(45)18-11-19-40(44)46(33-26-22-31(23-27-33)30-12-4-3-5-13-30)34-28-24-32(25-29-34)35-16-10-21-42-43(35)37-15-7-9-20-41(37)47-42/h3-29H,1-2H3. The summed E-state index contributed by atoms with van der Waals surface area (Å²) in [6.07, 6.45) is 0. The number of nitrogens with zero attached hydrogens (tertiary/aromatic N) is 1. The monoisotopic (exact) mass is 603 g/mol. The van der Waals surface area contributed by atoms with Gasteiger partial charge in [0.15, 0.2) is 0 Å². The number of anilines is 3. The Bertz CT molecular complexity index is 2410. The highest BCUT2D eigenvalue weighted by molar-refractivity contribution is 6.12. The lowest BCUT2D eigenvalue weighted by atomic mass is 9.82. The summed E-state index contributed by atoms with van der Waals surface area (Å²) in [6, 6.07) is 58.9. The van der Waals surface area contributed by atoms with Crippen molar-refractivity contribution < 1.29 is 4.42 Å². The predicted molar refractivity (Wildman–Crippen MR) is 197 cm³/mol. The summed E-state index contributed by atoms with van der Waals surface area (Å²) in [5.74, 6) is 0. The van der Waals surface area contributed by atoms with Crippen molar-refractivity contribution in [2.24, 2.45) is 0 Å². The number of fused-ring (bicyclic) bond motifs is 6. The highest BCUT2D eigenvalue weighted by atomic mass is 16.3. The Morgan fingerprint density at radius 2 is 1.02 bits per heavy atom. The third kappa shape index (κ3) is 4.33. The van der Waals surface area contributed by atoms with Gasteiger partial charge in [0.05, 0.1) is 5.69 Å². The molecule has 8 aromatic rings. The Morgan fingerprint density at radius 3 is 1.81 bits per heavy atom. The molecule has 47 heavy (non-hydrogen) atoms. The van der Waals surface area contributed by atoms with Crippen LogP contribution in [0.4, 0.5) is 17.1 Å². The second-order valence-electron chi connectivity index (χ2n) is 12.9. The second kappa shape index (κ2) is 10.6. The van der Waals surface area contributed by atoms with Gasteiger partial charge < -0.3 is 9.32 Å². The number of benzene rings is 7. The summed E-state index contributed by atoms with van der Waals surface area (Å²) in [7, 11) is 0. The summed E-state index contributed by atoms with van der Waals surface area (Å²) >= 11 is 0. The van der Waals surface area contributed by atoms with Crippen molar-refractivity contribution in [1.29, 1.82) is 0 Å². The highest BCUT2D eigenvalue weighted by Gasteiger charge is 2.37. The Kier molecular flexibility index (Phi) is 6.20. The van der Waals surface area contributed by atoms with Gasteiger partial charge in [0, 0.05) is 33.1 Å². The van der Waals surface area contributed by atoms with Crippen LogP contribution < -0.4 is 4.90 Å². The fourth-order valence-corrected chi connectivity index (χ4v) is 7.59. The minimum Gasteiger partial charge on any atom is -0.456 e. The van der Waals surface area contributed by atoms with Gasteiger partial charge in [-0.3, -0.25) is 0 Å². The zero-order chi connectivity index (χ0) is 31.5. The van der Waals surface area contributed by atoms with Gasteiger partial charge in [-0.2, -0.15) is 0 Å². The molecule has 224 valence electrons. The molecule has 0 unspecified atom stereocenters. The molecule has 0 aliphatic heterocycles. The molecule has 1 aliphatic rings. The van der Waals surface area contributed by atoms with Crippen LogP contribution in [0.25, 0.3) is 55.3 Å². The zero-order valence-corrected chi connectivity index (χ0v) is 26.4. The van der Waals surface area contributed by atoms with Gasteiger partial charge in [-0.05, 0) is 81.4 Å². The molecule has 0 saturated heterocycles. The van der Waals surface area contributed by atoms with Crippen LogP contribution in [0.1, 0.15) is 25.0 Å². The first-order valence-corrected chi connectivity index (χ1v) is 16.3. The summed E-state index contributed by atoms with van der Waals surface area (Å²) in [5, 5.41) is 2.30.